The first-order valence-corrected chi connectivity index (χ1v) is 6.40. The second-order valence-electron chi connectivity index (χ2n) is 5.29. The minimum absolute atomic E-state index is 0.487. The minimum Gasteiger partial charge on any atom is -0.399 e. The molecule has 0 saturated carbocycles. The first-order valence-electron chi connectivity index (χ1n) is 6.40. The third-order valence-corrected chi connectivity index (χ3v) is 3.37. The van der Waals surface area contributed by atoms with Crippen molar-refractivity contribution in [3.05, 3.63) is 18.2 Å². The lowest BCUT2D eigenvalue weighted by molar-refractivity contribution is 0.347. The van der Waals surface area contributed by atoms with Crippen LogP contribution >= 0.6 is 0 Å². The Morgan fingerprint density at radius 1 is 1.11 bits per heavy atom. The molecule has 4 N–H and O–H groups in total. The molecule has 0 amide bonds. The quantitative estimate of drug-likeness (QED) is 0.817. The van der Waals surface area contributed by atoms with E-state index in [0.29, 0.717) is 29.0 Å². The van der Waals surface area contributed by atoms with Gasteiger partial charge < -0.3 is 11.5 Å². The summed E-state index contributed by atoms with van der Waals surface area (Å²) in [7, 11) is 0. The van der Waals surface area contributed by atoms with Crippen molar-refractivity contribution in [2.45, 2.75) is 27.3 Å². The van der Waals surface area contributed by atoms with E-state index in [1.807, 2.05) is 12.1 Å². The lowest BCUT2D eigenvalue weighted by atomic mass is 9.98. The van der Waals surface area contributed by atoms with E-state index >= 15 is 0 Å². The Morgan fingerprint density at radius 3 is 2.32 bits per heavy atom. The maximum Gasteiger partial charge on any atom is 0.182 e. The van der Waals surface area contributed by atoms with Crippen LogP contribution in [0.15, 0.2) is 18.2 Å². The zero-order valence-corrected chi connectivity index (χ0v) is 11.5. The van der Waals surface area contributed by atoms with Gasteiger partial charge in [-0.3, -0.25) is 0 Å². The predicted octanol–water partition coefficient (Wildman–Crippen LogP) is 1.80. The molecule has 0 aliphatic carbocycles. The number of hydrogen-bond donors (Lipinski definition) is 2. The number of aromatic nitrogens is 4. The average molecular weight is 260 g/mol. The van der Waals surface area contributed by atoms with Gasteiger partial charge in [0, 0.05) is 23.5 Å². The monoisotopic (exact) mass is 260 g/mol. The molecule has 0 bridgehead atoms. The van der Waals surface area contributed by atoms with Gasteiger partial charge in [-0.2, -0.15) is 0 Å². The zero-order chi connectivity index (χ0) is 14.0. The van der Waals surface area contributed by atoms with Crippen LogP contribution in [0.25, 0.3) is 11.4 Å². The Hall–Kier alpha value is -2.11. The smallest absolute Gasteiger partial charge is 0.182 e. The highest BCUT2D eigenvalue weighted by Crippen LogP contribution is 2.23. The van der Waals surface area contributed by atoms with Gasteiger partial charge in [-0.15, -0.1) is 5.10 Å². The molecular weight excluding hydrogens is 240 g/mol. The molecule has 2 rings (SSSR count). The maximum atomic E-state index is 5.81. The third kappa shape index (κ3) is 3.01. The molecule has 0 aliphatic heterocycles. The van der Waals surface area contributed by atoms with Gasteiger partial charge in [0.15, 0.2) is 5.82 Å². The fourth-order valence-corrected chi connectivity index (χ4v) is 1.82. The van der Waals surface area contributed by atoms with Crippen LogP contribution in [0.5, 0.6) is 0 Å². The van der Waals surface area contributed by atoms with E-state index in [1.165, 1.54) is 0 Å². The highest BCUT2D eigenvalue weighted by Gasteiger charge is 2.14. The maximum absolute atomic E-state index is 5.81. The zero-order valence-electron chi connectivity index (χ0n) is 11.5. The molecule has 1 aromatic heterocycles. The van der Waals surface area contributed by atoms with Gasteiger partial charge in [0.1, 0.15) is 0 Å². The number of nitrogens with two attached hydrogens (primary N) is 2. The molecular formula is C13H20N6. The van der Waals surface area contributed by atoms with E-state index in [2.05, 4.69) is 36.3 Å². The number of rotatable bonds is 4. The Morgan fingerprint density at radius 2 is 1.74 bits per heavy atom. The Kier molecular flexibility index (Phi) is 3.69. The van der Waals surface area contributed by atoms with Crippen molar-refractivity contribution in [2.24, 2.45) is 11.8 Å². The van der Waals surface area contributed by atoms with Crippen LogP contribution in [-0.2, 0) is 6.54 Å². The van der Waals surface area contributed by atoms with Crippen molar-refractivity contribution in [3.8, 4) is 11.4 Å². The number of tetrazole rings is 1. The summed E-state index contributed by atoms with van der Waals surface area (Å²) < 4.78 is 1.80. The molecule has 19 heavy (non-hydrogen) atoms. The highest BCUT2D eigenvalue weighted by molar-refractivity contribution is 5.67. The van der Waals surface area contributed by atoms with Crippen LogP contribution in [0, 0.1) is 11.8 Å². The molecule has 2 aromatic rings. The van der Waals surface area contributed by atoms with Gasteiger partial charge in [-0.05, 0) is 40.5 Å². The van der Waals surface area contributed by atoms with Crippen molar-refractivity contribution in [1.29, 1.82) is 0 Å². The summed E-state index contributed by atoms with van der Waals surface area (Å²) >= 11 is 0. The van der Waals surface area contributed by atoms with Crippen LogP contribution in [0.2, 0.25) is 0 Å². The molecule has 0 radical (unpaired) electrons. The summed E-state index contributed by atoms with van der Waals surface area (Å²) in [5, 5.41) is 11.9. The molecule has 0 spiro atoms. The first-order chi connectivity index (χ1) is 8.97. The van der Waals surface area contributed by atoms with Crippen LogP contribution in [-0.4, -0.2) is 20.2 Å². The van der Waals surface area contributed by atoms with Crippen molar-refractivity contribution in [1.82, 2.24) is 20.2 Å². The van der Waals surface area contributed by atoms with Gasteiger partial charge >= 0.3 is 0 Å². The number of nitrogen functional groups attached to an aromatic ring is 2. The molecule has 0 fully saturated rings. The summed E-state index contributed by atoms with van der Waals surface area (Å²) in [6.45, 7) is 7.33. The van der Waals surface area contributed by atoms with Crippen LogP contribution in [0.1, 0.15) is 20.8 Å². The number of benzene rings is 1. The largest absolute Gasteiger partial charge is 0.399 e. The standard InChI is InChI=1S/C13H20N6/c1-8(2)9(3)7-19-13(16-17-18-19)10-4-11(14)6-12(15)5-10/h4-6,8-9H,7,14-15H2,1-3H3. The SMILES string of the molecule is CC(C)C(C)Cn1nnnc1-c1cc(N)cc(N)c1. The molecule has 1 heterocycles. The Labute approximate surface area is 112 Å². The normalized spacial score (nSPS) is 12.8. The van der Waals surface area contributed by atoms with Gasteiger partial charge in [0.25, 0.3) is 0 Å². The van der Waals surface area contributed by atoms with E-state index in [0.717, 1.165) is 12.1 Å². The topological polar surface area (TPSA) is 95.6 Å². The Balaban J connectivity index is 2.33. The molecule has 0 saturated heterocycles. The number of anilines is 2. The van der Waals surface area contributed by atoms with Gasteiger partial charge in [-0.1, -0.05) is 20.8 Å². The van der Waals surface area contributed by atoms with Crippen molar-refractivity contribution in [3.63, 3.8) is 0 Å². The minimum atomic E-state index is 0.487. The van der Waals surface area contributed by atoms with Crippen molar-refractivity contribution in [2.75, 3.05) is 11.5 Å². The highest BCUT2D eigenvalue weighted by atomic mass is 15.5. The number of hydrogen-bond acceptors (Lipinski definition) is 5. The second-order valence-corrected chi connectivity index (χ2v) is 5.29. The van der Waals surface area contributed by atoms with Crippen molar-refractivity contribution < 1.29 is 0 Å². The first kappa shape index (κ1) is 13.3. The Bertz CT molecular complexity index is 540. The van der Waals surface area contributed by atoms with E-state index in [4.69, 9.17) is 11.5 Å². The van der Waals surface area contributed by atoms with Crippen molar-refractivity contribution >= 4 is 11.4 Å². The molecule has 6 heteroatoms. The summed E-state index contributed by atoms with van der Waals surface area (Å²) in [6, 6.07) is 5.38. The molecule has 0 aliphatic rings. The summed E-state index contributed by atoms with van der Waals surface area (Å²) in [4.78, 5) is 0. The van der Waals surface area contributed by atoms with Gasteiger partial charge in [0.2, 0.25) is 0 Å². The average Bonchev–Trinajstić information content (AvgIpc) is 2.75. The van der Waals surface area contributed by atoms with Crippen LogP contribution in [0.3, 0.4) is 0 Å². The van der Waals surface area contributed by atoms with Gasteiger partial charge in [-0.25, -0.2) is 4.68 Å². The lowest BCUT2D eigenvalue weighted by Crippen LogP contribution is -2.15. The second kappa shape index (κ2) is 5.26. The van der Waals surface area contributed by atoms with Crippen LogP contribution in [0.4, 0.5) is 11.4 Å². The molecule has 102 valence electrons. The molecule has 1 atom stereocenters. The van der Waals surface area contributed by atoms with E-state index in [1.54, 1.807) is 10.7 Å². The number of nitrogens with zero attached hydrogens (tertiary/aromatic N) is 4. The van der Waals surface area contributed by atoms with E-state index in [-0.39, 0.29) is 0 Å². The van der Waals surface area contributed by atoms with E-state index < -0.39 is 0 Å². The molecule has 1 aromatic carbocycles. The van der Waals surface area contributed by atoms with E-state index in [9.17, 15) is 0 Å². The third-order valence-electron chi connectivity index (χ3n) is 3.37. The lowest BCUT2D eigenvalue weighted by Gasteiger charge is -2.15. The van der Waals surface area contributed by atoms with Gasteiger partial charge in [0.05, 0.1) is 0 Å². The molecule has 1 unspecified atom stereocenters. The van der Waals surface area contributed by atoms with Crippen LogP contribution < -0.4 is 11.5 Å². The summed E-state index contributed by atoms with van der Waals surface area (Å²) in [5.74, 6) is 1.76. The predicted molar refractivity (Wildman–Crippen MR) is 76.1 cm³/mol. The summed E-state index contributed by atoms with van der Waals surface area (Å²) in [6.07, 6.45) is 0. The fraction of sp³-hybridized carbons (Fsp3) is 0.462. The fourth-order valence-electron chi connectivity index (χ4n) is 1.82. The summed E-state index contributed by atoms with van der Waals surface area (Å²) in [5.41, 5.74) is 13.7. The molecule has 6 nitrogen and oxygen atoms in total.